The highest BCUT2D eigenvalue weighted by Gasteiger charge is 2.19. The molecule has 2 amide bonds. The first kappa shape index (κ1) is 16.0. The predicted molar refractivity (Wildman–Crippen MR) is 79.5 cm³/mol. The highest BCUT2D eigenvalue weighted by atomic mass is 127. The monoisotopic (exact) mass is 398 g/mol. The zero-order valence-electron chi connectivity index (χ0n) is 9.69. The molecule has 6 nitrogen and oxygen atoms in total. The Kier molecular flexibility index (Phi) is 6.32. The SMILES string of the molecule is O=C(Nc1cc(I)ccc1Cl)N[C@@H](CCO)C(=O)O. The van der Waals surface area contributed by atoms with Crippen molar-refractivity contribution in [1.82, 2.24) is 5.32 Å². The summed E-state index contributed by atoms with van der Waals surface area (Å²) >= 11 is 7.96. The second-order valence-electron chi connectivity index (χ2n) is 3.63. The minimum absolute atomic E-state index is 0.0667. The second kappa shape index (κ2) is 7.51. The number of halogens is 2. The predicted octanol–water partition coefficient (Wildman–Crippen LogP) is 1.90. The molecule has 0 aromatic heterocycles. The van der Waals surface area contributed by atoms with Crippen molar-refractivity contribution in [1.29, 1.82) is 0 Å². The van der Waals surface area contributed by atoms with E-state index in [-0.39, 0.29) is 13.0 Å². The summed E-state index contributed by atoms with van der Waals surface area (Å²) in [6, 6.07) is 3.22. The van der Waals surface area contributed by atoms with Gasteiger partial charge >= 0.3 is 12.0 Å². The molecule has 8 heteroatoms. The fourth-order valence-electron chi connectivity index (χ4n) is 1.30. The van der Waals surface area contributed by atoms with E-state index < -0.39 is 18.0 Å². The summed E-state index contributed by atoms with van der Waals surface area (Å²) in [5.41, 5.74) is 0.388. The summed E-state index contributed by atoms with van der Waals surface area (Å²) in [6.45, 7) is -0.332. The van der Waals surface area contributed by atoms with Crippen LogP contribution in [0.3, 0.4) is 0 Å². The van der Waals surface area contributed by atoms with Crippen molar-refractivity contribution < 1.29 is 19.8 Å². The van der Waals surface area contributed by atoms with Crippen molar-refractivity contribution in [2.75, 3.05) is 11.9 Å². The lowest BCUT2D eigenvalue weighted by Gasteiger charge is -2.14. The van der Waals surface area contributed by atoms with Gasteiger partial charge in [-0.15, -0.1) is 0 Å². The molecule has 0 unspecified atom stereocenters. The molecule has 0 aliphatic rings. The number of hydrogen-bond donors (Lipinski definition) is 4. The Morgan fingerprint density at radius 1 is 1.42 bits per heavy atom. The van der Waals surface area contributed by atoms with Crippen molar-refractivity contribution >= 4 is 51.9 Å². The minimum atomic E-state index is -1.21. The van der Waals surface area contributed by atoms with Crippen LogP contribution in [0, 0.1) is 3.57 Å². The van der Waals surface area contributed by atoms with E-state index in [2.05, 4.69) is 33.2 Å². The van der Waals surface area contributed by atoms with Crippen LogP contribution in [-0.4, -0.2) is 34.9 Å². The van der Waals surface area contributed by atoms with Crippen LogP contribution >= 0.6 is 34.2 Å². The van der Waals surface area contributed by atoms with Gasteiger partial charge in [-0.3, -0.25) is 0 Å². The van der Waals surface area contributed by atoms with Crippen molar-refractivity contribution in [3.05, 3.63) is 26.8 Å². The number of carbonyl (C=O) groups is 2. The molecule has 1 aromatic rings. The third-order valence-corrected chi connectivity index (χ3v) is 3.20. The smallest absolute Gasteiger partial charge is 0.326 e. The van der Waals surface area contributed by atoms with Crippen LogP contribution in [0.5, 0.6) is 0 Å². The largest absolute Gasteiger partial charge is 0.480 e. The summed E-state index contributed by atoms with van der Waals surface area (Å²) in [5.74, 6) is -1.21. The zero-order valence-corrected chi connectivity index (χ0v) is 12.6. The van der Waals surface area contributed by atoms with Crippen LogP contribution < -0.4 is 10.6 Å². The molecular weight excluding hydrogens is 386 g/mol. The number of rotatable bonds is 5. The number of aliphatic hydroxyl groups is 1. The van der Waals surface area contributed by atoms with Crippen molar-refractivity contribution in [2.24, 2.45) is 0 Å². The van der Waals surface area contributed by atoms with E-state index in [0.717, 1.165) is 3.57 Å². The van der Waals surface area contributed by atoms with Gasteiger partial charge in [0.25, 0.3) is 0 Å². The molecule has 0 heterocycles. The second-order valence-corrected chi connectivity index (χ2v) is 5.28. The number of carbonyl (C=O) groups excluding carboxylic acids is 1. The number of anilines is 1. The van der Waals surface area contributed by atoms with Gasteiger partial charge in [0.15, 0.2) is 0 Å². The van der Waals surface area contributed by atoms with Crippen molar-refractivity contribution in [3.63, 3.8) is 0 Å². The molecular formula is C11H12ClIN2O4. The summed E-state index contributed by atoms with van der Waals surface area (Å²) in [6.07, 6.45) is -0.0667. The van der Waals surface area contributed by atoms with Gasteiger partial charge in [-0.05, 0) is 40.8 Å². The normalized spacial score (nSPS) is 11.7. The fraction of sp³-hybridized carbons (Fsp3) is 0.273. The molecule has 104 valence electrons. The Hall–Kier alpha value is -1.06. The molecule has 0 aliphatic heterocycles. The van der Waals surface area contributed by atoms with E-state index in [1.165, 1.54) is 0 Å². The summed E-state index contributed by atoms with van der Waals surface area (Å²) in [7, 11) is 0. The van der Waals surface area contributed by atoms with Gasteiger partial charge < -0.3 is 20.8 Å². The van der Waals surface area contributed by atoms with Gasteiger partial charge in [0.1, 0.15) is 6.04 Å². The number of amides is 2. The van der Waals surface area contributed by atoms with E-state index in [1.807, 2.05) is 0 Å². The molecule has 0 spiro atoms. The van der Waals surface area contributed by atoms with Gasteiger partial charge in [0.2, 0.25) is 0 Å². The van der Waals surface area contributed by atoms with Gasteiger partial charge in [0, 0.05) is 16.6 Å². The minimum Gasteiger partial charge on any atom is -0.480 e. The number of carboxylic acids is 1. The van der Waals surface area contributed by atoms with E-state index in [4.69, 9.17) is 21.8 Å². The van der Waals surface area contributed by atoms with Crippen LogP contribution in [0.4, 0.5) is 10.5 Å². The topological polar surface area (TPSA) is 98.7 Å². The average Bonchev–Trinajstić information content (AvgIpc) is 2.33. The lowest BCUT2D eigenvalue weighted by molar-refractivity contribution is -0.139. The lowest BCUT2D eigenvalue weighted by atomic mass is 10.2. The lowest BCUT2D eigenvalue weighted by Crippen LogP contribution is -2.43. The van der Waals surface area contributed by atoms with Gasteiger partial charge in [-0.2, -0.15) is 0 Å². The van der Waals surface area contributed by atoms with Gasteiger partial charge in [-0.1, -0.05) is 11.6 Å². The first-order chi connectivity index (χ1) is 8.93. The van der Waals surface area contributed by atoms with Crippen LogP contribution in [-0.2, 0) is 4.79 Å². The number of benzene rings is 1. The molecule has 0 aliphatic carbocycles. The first-order valence-corrected chi connectivity index (χ1v) is 6.76. The Morgan fingerprint density at radius 3 is 2.68 bits per heavy atom. The van der Waals surface area contributed by atoms with Crippen LogP contribution in [0.2, 0.25) is 5.02 Å². The number of urea groups is 1. The van der Waals surface area contributed by atoms with Crippen LogP contribution in [0.1, 0.15) is 6.42 Å². The highest BCUT2D eigenvalue weighted by Crippen LogP contribution is 2.23. The van der Waals surface area contributed by atoms with Crippen molar-refractivity contribution in [3.8, 4) is 0 Å². The third kappa shape index (κ3) is 5.21. The molecule has 0 radical (unpaired) electrons. The quantitative estimate of drug-likeness (QED) is 0.569. The van der Waals surface area contributed by atoms with Crippen LogP contribution in [0.25, 0.3) is 0 Å². The first-order valence-electron chi connectivity index (χ1n) is 5.30. The summed E-state index contributed by atoms with van der Waals surface area (Å²) in [4.78, 5) is 22.5. The van der Waals surface area contributed by atoms with E-state index in [0.29, 0.717) is 10.7 Å². The van der Waals surface area contributed by atoms with Crippen LogP contribution in [0.15, 0.2) is 18.2 Å². The highest BCUT2D eigenvalue weighted by molar-refractivity contribution is 14.1. The summed E-state index contributed by atoms with van der Waals surface area (Å²) in [5, 5.41) is 22.6. The zero-order chi connectivity index (χ0) is 14.4. The molecule has 19 heavy (non-hydrogen) atoms. The molecule has 0 saturated heterocycles. The maximum atomic E-state index is 11.6. The third-order valence-electron chi connectivity index (χ3n) is 2.20. The van der Waals surface area contributed by atoms with Crippen molar-refractivity contribution in [2.45, 2.75) is 12.5 Å². The number of nitrogens with one attached hydrogen (secondary N) is 2. The number of aliphatic carboxylic acids is 1. The van der Waals surface area contributed by atoms with E-state index >= 15 is 0 Å². The Morgan fingerprint density at radius 2 is 2.11 bits per heavy atom. The average molecular weight is 399 g/mol. The fourth-order valence-corrected chi connectivity index (χ4v) is 1.95. The standard InChI is InChI=1S/C11H12ClIN2O4/c12-7-2-1-6(13)5-9(7)15-11(19)14-8(3-4-16)10(17)18/h1-2,5,8,16H,3-4H2,(H,17,18)(H2,14,15,19)/t8-/m0/s1. The molecule has 0 saturated carbocycles. The maximum absolute atomic E-state index is 11.6. The maximum Gasteiger partial charge on any atom is 0.326 e. The van der Waals surface area contributed by atoms with Gasteiger partial charge in [-0.25, -0.2) is 9.59 Å². The Balaban J connectivity index is 2.68. The Bertz CT molecular complexity index is 484. The van der Waals surface area contributed by atoms with E-state index in [9.17, 15) is 9.59 Å². The number of hydrogen-bond acceptors (Lipinski definition) is 3. The molecule has 0 bridgehead atoms. The molecule has 1 rings (SSSR count). The van der Waals surface area contributed by atoms with E-state index in [1.54, 1.807) is 18.2 Å². The van der Waals surface area contributed by atoms with Gasteiger partial charge in [0.05, 0.1) is 10.7 Å². The molecule has 1 aromatic carbocycles. The summed E-state index contributed by atoms with van der Waals surface area (Å²) < 4.78 is 0.877. The number of carboxylic acid groups (broad SMARTS) is 1. The molecule has 4 N–H and O–H groups in total. The molecule has 0 fully saturated rings. The Labute approximate surface area is 128 Å². The molecule has 1 atom stereocenters. The number of aliphatic hydroxyl groups excluding tert-OH is 1.